The summed E-state index contributed by atoms with van der Waals surface area (Å²) in [6.07, 6.45) is -2.28. The smallest absolute Gasteiger partial charge is 0.476 e. The van der Waals surface area contributed by atoms with E-state index in [1.54, 1.807) is 0 Å². The Morgan fingerprint density at radius 2 is 2.12 bits per heavy atom. The molecule has 3 aromatic rings. The molecular weight excluding hydrogens is 357 g/mol. The minimum absolute atomic E-state index is 0.0462. The number of nitrogen functional groups attached to an aromatic ring is 1. The predicted octanol–water partition coefficient (Wildman–Crippen LogP) is 2.92. The number of aromatic nitrogens is 3. The number of oxazole rings is 1. The number of nitrogens with two attached hydrogens (primary N) is 1. The van der Waals surface area contributed by atoms with E-state index in [0.29, 0.717) is 5.56 Å². The molecule has 0 atom stereocenters. The Morgan fingerprint density at radius 3 is 2.65 bits per heavy atom. The molecule has 0 saturated carbocycles. The number of benzene rings is 1. The molecule has 0 amide bonds. The molecule has 11 heteroatoms. The van der Waals surface area contributed by atoms with Gasteiger partial charge in [-0.15, -0.1) is 13.2 Å². The number of anilines is 1. The van der Waals surface area contributed by atoms with Crippen molar-refractivity contribution in [2.24, 2.45) is 7.05 Å². The van der Waals surface area contributed by atoms with Gasteiger partial charge in [0, 0.05) is 18.2 Å². The van der Waals surface area contributed by atoms with Crippen LogP contribution in [0.1, 0.15) is 10.5 Å². The van der Waals surface area contributed by atoms with Gasteiger partial charge in [-0.05, 0) is 18.2 Å². The van der Waals surface area contributed by atoms with Gasteiger partial charge >= 0.3 is 12.3 Å². The molecule has 0 radical (unpaired) electrons. The van der Waals surface area contributed by atoms with Gasteiger partial charge in [0.1, 0.15) is 12.0 Å². The van der Waals surface area contributed by atoms with Gasteiger partial charge < -0.3 is 20.0 Å². The monoisotopic (exact) mass is 368 g/mol. The van der Waals surface area contributed by atoms with Crippen LogP contribution < -0.4 is 10.5 Å². The molecule has 2 aromatic heterocycles. The van der Waals surface area contributed by atoms with E-state index in [1.165, 1.54) is 31.6 Å². The van der Waals surface area contributed by atoms with Crippen molar-refractivity contribution in [2.75, 3.05) is 5.73 Å². The van der Waals surface area contributed by atoms with Gasteiger partial charge in [-0.2, -0.15) is 5.10 Å². The number of hydrogen-bond donors (Lipinski definition) is 2. The number of aromatic carboxylic acids is 1. The fraction of sp³-hybridized carbons (Fsp3) is 0.133. The number of alkyl halides is 3. The lowest BCUT2D eigenvalue weighted by Crippen LogP contribution is -2.18. The van der Waals surface area contributed by atoms with E-state index in [2.05, 4.69) is 14.8 Å². The minimum Gasteiger partial charge on any atom is -0.476 e. The van der Waals surface area contributed by atoms with Crippen molar-refractivity contribution in [3.05, 3.63) is 36.4 Å². The molecule has 3 rings (SSSR count). The highest BCUT2D eigenvalue weighted by molar-refractivity contribution is 5.96. The molecular formula is C15H11F3N4O4. The third-order valence-electron chi connectivity index (χ3n) is 3.43. The fourth-order valence-corrected chi connectivity index (χ4v) is 2.45. The molecule has 0 spiro atoms. The number of carboxylic acid groups (broad SMARTS) is 1. The number of hydrogen-bond acceptors (Lipinski definition) is 6. The molecule has 136 valence electrons. The van der Waals surface area contributed by atoms with Crippen molar-refractivity contribution in [2.45, 2.75) is 6.36 Å². The molecule has 0 fully saturated rings. The van der Waals surface area contributed by atoms with E-state index in [4.69, 9.17) is 15.3 Å². The van der Waals surface area contributed by atoms with Crippen LogP contribution in [0.15, 0.2) is 35.1 Å². The normalized spacial score (nSPS) is 11.5. The van der Waals surface area contributed by atoms with Crippen LogP contribution in [0.3, 0.4) is 0 Å². The molecule has 0 aliphatic rings. The first-order valence-electron chi connectivity index (χ1n) is 7.03. The van der Waals surface area contributed by atoms with E-state index >= 15 is 0 Å². The number of aryl methyl sites for hydroxylation is 1. The Labute approximate surface area is 143 Å². The van der Waals surface area contributed by atoms with Crippen LogP contribution in [0.5, 0.6) is 5.75 Å². The van der Waals surface area contributed by atoms with Crippen LogP contribution in [0.4, 0.5) is 18.9 Å². The van der Waals surface area contributed by atoms with E-state index in [0.717, 1.165) is 10.7 Å². The maximum atomic E-state index is 12.7. The summed E-state index contributed by atoms with van der Waals surface area (Å²) in [5.41, 5.74) is 5.20. The third kappa shape index (κ3) is 3.18. The van der Waals surface area contributed by atoms with Crippen LogP contribution in [0.2, 0.25) is 0 Å². The Hall–Kier alpha value is -3.50. The third-order valence-corrected chi connectivity index (χ3v) is 3.43. The van der Waals surface area contributed by atoms with Crippen molar-refractivity contribution in [3.63, 3.8) is 0 Å². The highest BCUT2D eigenvalue weighted by Gasteiger charge is 2.33. The summed E-state index contributed by atoms with van der Waals surface area (Å²) in [4.78, 5) is 15.1. The van der Waals surface area contributed by atoms with Crippen molar-refractivity contribution in [1.29, 1.82) is 0 Å². The first-order chi connectivity index (χ1) is 12.2. The van der Waals surface area contributed by atoms with E-state index < -0.39 is 23.8 Å². The predicted molar refractivity (Wildman–Crippen MR) is 82.2 cm³/mol. The Balaban J connectivity index is 2.23. The van der Waals surface area contributed by atoms with Crippen LogP contribution >= 0.6 is 0 Å². The quantitative estimate of drug-likeness (QED) is 0.727. The van der Waals surface area contributed by atoms with Crippen LogP contribution in [-0.4, -0.2) is 32.2 Å². The summed E-state index contributed by atoms with van der Waals surface area (Å²) in [5, 5.41) is 12.9. The Kier molecular flexibility index (Phi) is 4.06. The van der Waals surface area contributed by atoms with Gasteiger partial charge in [-0.1, -0.05) is 0 Å². The summed E-state index contributed by atoms with van der Waals surface area (Å²) >= 11 is 0. The van der Waals surface area contributed by atoms with Crippen LogP contribution in [0.25, 0.3) is 22.7 Å². The number of halogens is 3. The summed E-state index contributed by atoms with van der Waals surface area (Å²) in [6, 6.07) is 3.68. The summed E-state index contributed by atoms with van der Waals surface area (Å²) < 4.78 is 48.5. The van der Waals surface area contributed by atoms with Crippen molar-refractivity contribution in [1.82, 2.24) is 14.8 Å². The lowest BCUT2D eigenvalue weighted by atomic mass is 10.0. The highest BCUT2D eigenvalue weighted by Crippen LogP contribution is 2.39. The molecule has 0 aliphatic carbocycles. The maximum Gasteiger partial charge on any atom is 0.573 e. The van der Waals surface area contributed by atoms with Crippen LogP contribution in [0, 0.1) is 0 Å². The molecule has 3 N–H and O–H groups in total. The number of carboxylic acids is 1. The summed E-state index contributed by atoms with van der Waals surface area (Å²) in [7, 11) is 1.35. The average molecular weight is 368 g/mol. The van der Waals surface area contributed by atoms with Gasteiger partial charge in [-0.3, -0.25) is 4.68 Å². The van der Waals surface area contributed by atoms with Crippen molar-refractivity contribution >= 4 is 11.7 Å². The minimum atomic E-state index is -4.96. The first-order valence-corrected chi connectivity index (χ1v) is 7.03. The molecule has 0 aliphatic heterocycles. The molecule has 26 heavy (non-hydrogen) atoms. The molecule has 0 saturated heterocycles. The zero-order chi connectivity index (χ0) is 19.1. The van der Waals surface area contributed by atoms with Gasteiger partial charge in [0.15, 0.2) is 5.69 Å². The molecule has 0 bridgehead atoms. The molecule has 0 unspecified atom stereocenters. The zero-order valence-corrected chi connectivity index (χ0v) is 13.1. The lowest BCUT2D eigenvalue weighted by molar-refractivity contribution is -0.274. The van der Waals surface area contributed by atoms with E-state index in [9.17, 15) is 18.0 Å². The second-order valence-electron chi connectivity index (χ2n) is 5.14. The molecule has 2 heterocycles. The summed E-state index contributed by atoms with van der Waals surface area (Å²) in [6.45, 7) is 0. The standard InChI is InChI=1S/C15H11F3N4O4/c1-22-12(10(19)11(21-22)14(23)24)8-6-7(13-20-4-5-25-13)2-3-9(8)26-15(16,17)18/h2-6H,19H2,1H3,(H,23,24). The van der Waals surface area contributed by atoms with Gasteiger partial charge in [0.05, 0.1) is 17.6 Å². The van der Waals surface area contributed by atoms with E-state index in [1.807, 2.05) is 0 Å². The lowest BCUT2D eigenvalue weighted by Gasteiger charge is -2.15. The number of rotatable bonds is 4. The second kappa shape index (κ2) is 6.10. The average Bonchev–Trinajstić information content (AvgIpc) is 3.15. The maximum absolute atomic E-state index is 12.7. The van der Waals surface area contributed by atoms with Crippen molar-refractivity contribution < 1.29 is 32.2 Å². The largest absolute Gasteiger partial charge is 0.573 e. The van der Waals surface area contributed by atoms with Gasteiger partial charge in [0.25, 0.3) is 0 Å². The van der Waals surface area contributed by atoms with Gasteiger partial charge in [0.2, 0.25) is 5.89 Å². The van der Waals surface area contributed by atoms with Crippen molar-refractivity contribution in [3.8, 4) is 28.5 Å². The van der Waals surface area contributed by atoms with Gasteiger partial charge in [-0.25, -0.2) is 9.78 Å². The Morgan fingerprint density at radius 1 is 1.38 bits per heavy atom. The number of carbonyl (C=O) groups is 1. The second-order valence-corrected chi connectivity index (χ2v) is 5.14. The number of ether oxygens (including phenoxy) is 1. The van der Waals surface area contributed by atoms with Crippen LogP contribution in [-0.2, 0) is 7.05 Å². The first kappa shape index (κ1) is 17.3. The fourth-order valence-electron chi connectivity index (χ4n) is 2.45. The zero-order valence-electron chi connectivity index (χ0n) is 13.1. The highest BCUT2D eigenvalue weighted by atomic mass is 19.4. The SMILES string of the molecule is Cn1nc(C(=O)O)c(N)c1-c1cc(-c2ncco2)ccc1OC(F)(F)F. The summed E-state index contributed by atoms with van der Waals surface area (Å²) in [5.74, 6) is -1.82. The Bertz CT molecular complexity index is 964. The number of nitrogens with zero attached hydrogens (tertiary/aromatic N) is 3. The topological polar surface area (TPSA) is 116 Å². The molecule has 1 aromatic carbocycles. The molecule has 8 nitrogen and oxygen atoms in total. The van der Waals surface area contributed by atoms with E-state index in [-0.39, 0.29) is 22.8 Å².